The molecule has 1 atom stereocenters. The number of carbonyl (C=O) groups excluding carboxylic acids is 1. The van der Waals surface area contributed by atoms with Crippen LogP contribution >= 0.6 is 0 Å². The maximum Gasteiger partial charge on any atom is 0.211 e. The summed E-state index contributed by atoms with van der Waals surface area (Å²) in [5, 5.41) is 16.7. The molecule has 0 fully saturated rings. The highest BCUT2D eigenvalue weighted by molar-refractivity contribution is 5.99. The number of hydrogen-bond donors (Lipinski definition) is 2. The third-order valence-corrected chi connectivity index (χ3v) is 5.96. The van der Waals surface area contributed by atoms with Gasteiger partial charge in [0.05, 0.1) is 23.1 Å². The number of nitrogens with zero attached hydrogens (tertiary/aromatic N) is 4. The molecule has 0 aliphatic carbocycles. The quantitative estimate of drug-likeness (QED) is 0.387. The molecule has 2 heterocycles. The van der Waals surface area contributed by atoms with Gasteiger partial charge in [-0.2, -0.15) is 10.2 Å². The molecule has 0 bridgehead atoms. The van der Waals surface area contributed by atoms with E-state index in [1.807, 2.05) is 37.2 Å². The Morgan fingerprint density at radius 3 is 2.59 bits per heavy atom. The summed E-state index contributed by atoms with van der Waals surface area (Å²) in [7, 11) is 3.87. The first kappa shape index (κ1) is 21.6. The predicted octanol–water partition coefficient (Wildman–Crippen LogP) is 4.98. The number of carbonyl (C=O) groups is 1. The monoisotopic (exact) mass is 430 g/mol. The van der Waals surface area contributed by atoms with E-state index in [-0.39, 0.29) is 6.04 Å². The molecular weight excluding hydrogens is 400 g/mol. The largest absolute Gasteiger partial charge is 0.380 e. The molecule has 0 radical (unpaired) electrons. The number of aromatic nitrogens is 4. The highest BCUT2D eigenvalue weighted by Crippen LogP contribution is 2.39. The first-order valence-electron chi connectivity index (χ1n) is 11.0. The second-order valence-electron chi connectivity index (χ2n) is 8.24. The van der Waals surface area contributed by atoms with Crippen molar-refractivity contribution in [2.45, 2.75) is 39.7 Å². The van der Waals surface area contributed by atoms with Gasteiger partial charge >= 0.3 is 0 Å². The van der Waals surface area contributed by atoms with Crippen molar-refractivity contribution in [1.29, 1.82) is 0 Å². The smallest absolute Gasteiger partial charge is 0.211 e. The molecule has 32 heavy (non-hydrogen) atoms. The van der Waals surface area contributed by atoms with Crippen LogP contribution in [-0.2, 0) is 25.3 Å². The average molecular weight is 431 g/mol. The van der Waals surface area contributed by atoms with Crippen molar-refractivity contribution in [3.8, 4) is 22.4 Å². The topological polar surface area (TPSA) is 76.8 Å². The van der Waals surface area contributed by atoms with Gasteiger partial charge < -0.3 is 10.6 Å². The van der Waals surface area contributed by atoms with E-state index in [1.54, 1.807) is 4.68 Å². The zero-order chi connectivity index (χ0) is 22.8. The lowest BCUT2D eigenvalue weighted by atomic mass is 9.96. The van der Waals surface area contributed by atoms with Crippen LogP contribution in [0.1, 0.15) is 32.8 Å². The lowest BCUT2D eigenvalue weighted by molar-refractivity contribution is -0.105. The van der Waals surface area contributed by atoms with Crippen LogP contribution in [0.4, 0.5) is 11.4 Å². The number of amides is 1. The standard InChI is InChI=1S/C25H30N6O/c1-6-16(3)28-25-20(10-17(7-2)11-22(25)26-15-32)18-8-9-23-21(12-18)24(29-31(23)5)19-13-27-30(4)14-19/h8-16,28H,6-7H2,1-5H3,(H,26,32). The fraction of sp³-hybridized carbons (Fsp3) is 0.320. The van der Waals surface area contributed by atoms with Gasteiger partial charge in [-0.25, -0.2) is 0 Å². The molecule has 1 amide bonds. The zero-order valence-electron chi connectivity index (χ0n) is 19.3. The minimum atomic E-state index is 0.265. The van der Waals surface area contributed by atoms with Gasteiger partial charge in [-0.1, -0.05) is 19.9 Å². The fourth-order valence-corrected chi connectivity index (χ4v) is 4.00. The summed E-state index contributed by atoms with van der Waals surface area (Å²) < 4.78 is 3.69. The predicted molar refractivity (Wildman–Crippen MR) is 131 cm³/mol. The molecule has 1 unspecified atom stereocenters. The lowest BCUT2D eigenvalue weighted by Crippen LogP contribution is -2.16. The molecule has 7 heteroatoms. The Labute approximate surface area is 188 Å². The molecule has 0 aliphatic rings. The average Bonchev–Trinajstić information content (AvgIpc) is 3.37. The van der Waals surface area contributed by atoms with E-state index in [9.17, 15) is 4.79 Å². The molecule has 0 spiro atoms. The summed E-state index contributed by atoms with van der Waals surface area (Å²) >= 11 is 0. The minimum Gasteiger partial charge on any atom is -0.380 e. The van der Waals surface area contributed by atoms with E-state index in [0.717, 1.165) is 69.5 Å². The normalized spacial score (nSPS) is 12.2. The van der Waals surface area contributed by atoms with Crippen LogP contribution in [0.5, 0.6) is 0 Å². The Morgan fingerprint density at radius 2 is 1.94 bits per heavy atom. The second kappa shape index (κ2) is 8.86. The van der Waals surface area contributed by atoms with E-state index < -0.39 is 0 Å². The molecule has 0 saturated carbocycles. The van der Waals surface area contributed by atoms with Crippen molar-refractivity contribution < 1.29 is 4.79 Å². The Morgan fingerprint density at radius 1 is 1.12 bits per heavy atom. The Kier molecular flexibility index (Phi) is 5.99. The van der Waals surface area contributed by atoms with E-state index in [2.05, 4.69) is 60.8 Å². The SMILES string of the molecule is CCc1cc(NC=O)c(NC(C)CC)c(-c2ccc3c(c2)c(-c2cnn(C)c2)nn3C)c1. The first-order valence-corrected chi connectivity index (χ1v) is 11.0. The molecule has 0 aliphatic heterocycles. The summed E-state index contributed by atoms with van der Waals surface area (Å²) in [6, 6.07) is 10.9. The number of aryl methyl sites for hydroxylation is 3. The van der Waals surface area contributed by atoms with Gasteiger partial charge in [0.25, 0.3) is 0 Å². The van der Waals surface area contributed by atoms with Crippen molar-refractivity contribution in [3.63, 3.8) is 0 Å². The fourth-order valence-electron chi connectivity index (χ4n) is 4.00. The van der Waals surface area contributed by atoms with E-state index in [0.29, 0.717) is 0 Å². The molecule has 2 N–H and O–H groups in total. The number of benzene rings is 2. The Hall–Kier alpha value is -3.61. The Balaban J connectivity index is 1.94. The molecular formula is C25H30N6O. The molecule has 2 aromatic carbocycles. The molecule has 2 aromatic heterocycles. The van der Waals surface area contributed by atoms with Crippen molar-refractivity contribution in [2.75, 3.05) is 10.6 Å². The van der Waals surface area contributed by atoms with Gasteiger partial charge in [0.1, 0.15) is 5.69 Å². The molecule has 4 rings (SSSR count). The highest BCUT2D eigenvalue weighted by atomic mass is 16.1. The van der Waals surface area contributed by atoms with Crippen LogP contribution in [0.15, 0.2) is 42.7 Å². The van der Waals surface area contributed by atoms with Crippen LogP contribution in [-0.4, -0.2) is 32.0 Å². The van der Waals surface area contributed by atoms with Crippen LogP contribution in [0.25, 0.3) is 33.3 Å². The maximum atomic E-state index is 11.4. The van der Waals surface area contributed by atoms with E-state index in [4.69, 9.17) is 5.10 Å². The molecule has 7 nitrogen and oxygen atoms in total. The number of fused-ring (bicyclic) bond motifs is 1. The number of anilines is 2. The van der Waals surface area contributed by atoms with Gasteiger partial charge in [0.2, 0.25) is 6.41 Å². The summed E-state index contributed by atoms with van der Waals surface area (Å²) in [6.45, 7) is 6.41. The maximum absolute atomic E-state index is 11.4. The first-order chi connectivity index (χ1) is 15.4. The number of nitrogens with one attached hydrogen (secondary N) is 2. The molecule has 166 valence electrons. The van der Waals surface area contributed by atoms with E-state index >= 15 is 0 Å². The number of rotatable bonds is 8. The summed E-state index contributed by atoms with van der Waals surface area (Å²) in [5.41, 5.74) is 8.00. The molecule has 0 saturated heterocycles. The summed E-state index contributed by atoms with van der Waals surface area (Å²) in [5.74, 6) is 0. The van der Waals surface area contributed by atoms with Crippen LogP contribution in [0.3, 0.4) is 0 Å². The van der Waals surface area contributed by atoms with Crippen molar-refractivity contribution >= 4 is 28.7 Å². The van der Waals surface area contributed by atoms with Crippen molar-refractivity contribution in [3.05, 3.63) is 48.3 Å². The Bertz CT molecular complexity index is 1270. The van der Waals surface area contributed by atoms with Crippen molar-refractivity contribution in [2.24, 2.45) is 14.1 Å². The van der Waals surface area contributed by atoms with Gasteiger partial charge in [-0.15, -0.1) is 0 Å². The van der Waals surface area contributed by atoms with Gasteiger partial charge in [-0.05, 0) is 55.2 Å². The molecule has 4 aromatic rings. The van der Waals surface area contributed by atoms with Crippen LogP contribution in [0, 0.1) is 0 Å². The van der Waals surface area contributed by atoms with Gasteiger partial charge in [-0.3, -0.25) is 14.2 Å². The second-order valence-corrected chi connectivity index (χ2v) is 8.24. The lowest BCUT2D eigenvalue weighted by Gasteiger charge is -2.21. The van der Waals surface area contributed by atoms with Crippen molar-refractivity contribution in [1.82, 2.24) is 19.6 Å². The summed E-state index contributed by atoms with van der Waals surface area (Å²) in [6.07, 6.45) is 6.41. The third kappa shape index (κ3) is 3.98. The van der Waals surface area contributed by atoms with Gasteiger partial charge in [0, 0.05) is 42.8 Å². The highest BCUT2D eigenvalue weighted by Gasteiger charge is 2.17. The van der Waals surface area contributed by atoms with Crippen LogP contribution in [0.2, 0.25) is 0 Å². The third-order valence-electron chi connectivity index (χ3n) is 5.96. The zero-order valence-corrected chi connectivity index (χ0v) is 19.3. The van der Waals surface area contributed by atoms with Crippen LogP contribution < -0.4 is 10.6 Å². The summed E-state index contributed by atoms with van der Waals surface area (Å²) in [4.78, 5) is 11.4. The number of hydrogen-bond acceptors (Lipinski definition) is 4. The van der Waals surface area contributed by atoms with E-state index in [1.165, 1.54) is 0 Å². The van der Waals surface area contributed by atoms with Gasteiger partial charge in [0.15, 0.2) is 0 Å². The minimum absolute atomic E-state index is 0.265.